The SMILES string of the molecule is CCc1ccc(C(=O)Cc2cn3ccsc3n2)s1. The number of hydrogen-bond acceptors (Lipinski definition) is 4. The highest BCUT2D eigenvalue weighted by Gasteiger charge is 2.12. The zero-order chi connectivity index (χ0) is 12.5. The van der Waals surface area contributed by atoms with Crippen LogP contribution in [-0.2, 0) is 12.8 Å². The third-order valence-electron chi connectivity index (χ3n) is 2.77. The smallest absolute Gasteiger partial charge is 0.193 e. The molecule has 3 heterocycles. The second-order valence-electron chi connectivity index (χ2n) is 4.04. The Morgan fingerprint density at radius 3 is 3.06 bits per heavy atom. The minimum absolute atomic E-state index is 0.158. The topological polar surface area (TPSA) is 34.4 Å². The molecule has 3 rings (SSSR count). The van der Waals surface area contributed by atoms with Gasteiger partial charge in [0.1, 0.15) is 0 Å². The Hall–Kier alpha value is -1.46. The number of aryl methyl sites for hydroxylation is 1. The van der Waals surface area contributed by atoms with Gasteiger partial charge in [0.15, 0.2) is 10.7 Å². The van der Waals surface area contributed by atoms with Crippen molar-refractivity contribution < 1.29 is 4.79 Å². The van der Waals surface area contributed by atoms with E-state index < -0.39 is 0 Å². The van der Waals surface area contributed by atoms with E-state index in [2.05, 4.69) is 11.9 Å². The van der Waals surface area contributed by atoms with Crippen LogP contribution in [0.3, 0.4) is 0 Å². The van der Waals surface area contributed by atoms with Crippen LogP contribution in [0.5, 0.6) is 0 Å². The molecule has 0 aliphatic heterocycles. The van der Waals surface area contributed by atoms with Crippen molar-refractivity contribution in [2.75, 3.05) is 0 Å². The lowest BCUT2D eigenvalue weighted by atomic mass is 10.2. The maximum atomic E-state index is 12.1. The largest absolute Gasteiger partial charge is 0.297 e. The van der Waals surface area contributed by atoms with Gasteiger partial charge in [0.2, 0.25) is 0 Å². The van der Waals surface area contributed by atoms with E-state index in [1.165, 1.54) is 4.88 Å². The highest BCUT2D eigenvalue weighted by atomic mass is 32.1. The molecule has 0 aromatic carbocycles. The Morgan fingerprint density at radius 2 is 2.33 bits per heavy atom. The molecular formula is C13H12N2OS2. The number of aromatic nitrogens is 2. The summed E-state index contributed by atoms with van der Waals surface area (Å²) in [6.45, 7) is 2.10. The van der Waals surface area contributed by atoms with Crippen molar-refractivity contribution in [2.24, 2.45) is 0 Å². The van der Waals surface area contributed by atoms with E-state index in [4.69, 9.17) is 0 Å². The van der Waals surface area contributed by atoms with Gasteiger partial charge >= 0.3 is 0 Å². The molecule has 0 amide bonds. The van der Waals surface area contributed by atoms with E-state index in [9.17, 15) is 4.79 Å². The van der Waals surface area contributed by atoms with E-state index in [0.717, 1.165) is 22.0 Å². The summed E-state index contributed by atoms with van der Waals surface area (Å²) in [5, 5.41) is 1.99. The molecule has 0 aliphatic rings. The van der Waals surface area contributed by atoms with Crippen LogP contribution in [0.1, 0.15) is 27.2 Å². The first-order chi connectivity index (χ1) is 8.76. The van der Waals surface area contributed by atoms with E-state index in [1.807, 2.05) is 34.3 Å². The average molecular weight is 276 g/mol. The summed E-state index contributed by atoms with van der Waals surface area (Å²) in [5.74, 6) is 0.158. The molecule has 18 heavy (non-hydrogen) atoms. The lowest BCUT2D eigenvalue weighted by Crippen LogP contribution is -2.01. The second-order valence-corrected chi connectivity index (χ2v) is 6.09. The highest BCUT2D eigenvalue weighted by molar-refractivity contribution is 7.15. The van der Waals surface area contributed by atoms with Gasteiger partial charge in [-0.05, 0) is 18.6 Å². The molecule has 92 valence electrons. The van der Waals surface area contributed by atoms with E-state index in [0.29, 0.717) is 6.42 Å². The normalized spacial score (nSPS) is 11.2. The van der Waals surface area contributed by atoms with Crippen LogP contribution in [-0.4, -0.2) is 15.2 Å². The summed E-state index contributed by atoms with van der Waals surface area (Å²) in [7, 11) is 0. The minimum Gasteiger partial charge on any atom is -0.297 e. The summed E-state index contributed by atoms with van der Waals surface area (Å²) in [4.78, 5) is 19.6. The first kappa shape index (κ1) is 11.6. The lowest BCUT2D eigenvalue weighted by Gasteiger charge is -1.93. The monoisotopic (exact) mass is 276 g/mol. The molecule has 5 heteroatoms. The number of ketones is 1. The number of fused-ring (bicyclic) bond motifs is 1. The molecule has 0 saturated heterocycles. The van der Waals surface area contributed by atoms with Crippen molar-refractivity contribution in [3.05, 3.63) is 45.4 Å². The highest BCUT2D eigenvalue weighted by Crippen LogP contribution is 2.19. The summed E-state index contributed by atoms with van der Waals surface area (Å²) in [6.07, 6.45) is 5.26. The number of thiazole rings is 1. The Balaban J connectivity index is 1.79. The van der Waals surface area contributed by atoms with E-state index in [1.54, 1.807) is 22.7 Å². The van der Waals surface area contributed by atoms with Gasteiger partial charge in [0.25, 0.3) is 0 Å². The van der Waals surface area contributed by atoms with Crippen molar-refractivity contribution in [3.63, 3.8) is 0 Å². The Kier molecular flexibility index (Phi) is 3.01. The molecule has 3 aromatic heterocycles. The van der Waals surface area contributed by atoms with Gasteiger partial charge in [-0.25, -0.2) is 4.98 Å². The molecular weight excluding hydrogens is 264 g/mol. The molecule has 0 fully saturated rings. The van der Waals surface area contributed by atoms with Gasteiger partial charge < -0.3 is 0 Å². The maximum absolute atomic E-state index is 12.1. The van der Waals surface area contributed by atoms with Crippen LogP contribution >= 0.6 is 22.7 Å². The van der Waals surface area contributed by atoms with Crippen LogP contribution in [0.25, 0.3) is 4.96 Å². The van der Waals surface area contributed by atoms with Crippen LogP contribution in [0.2, 0.25) is 0 Å². The maximum Gasteiger partial charge on any atom is 0.193 e. The van der Waals surface area contributed by atoms with E-state index >= 15 is 0 Å². The third-order valence-corrected chi connectivity index (χ3v) is 4.81. The number of hydrogen-bond donors (Lipinski definition) is 0. The van der Waals surface area contributed by atoms with E-state index in [-0.39, 0.29) is 5.78 Å². The van der Waals surface area contributed by atoms with Crippen molar-refractivity contribution in [1.29, 1.82) is 0 Å². The standard InChI is InChI=1S/C13H12N2OS2/c1-2-10-3-4-12(18-10)11(16)7-9-8-15-5-6-17-13(15)14-9/h3-6,8H,2,7H2,1H3. The molecule has 0 unspecified atom stereocenters. The van der Waals surface area contributed by atoms with Crippen molar-refractivity contribution in [2.45, 2.75) is 19.8 Å². The minimum atomic E-state index is 0.158. The Bertz CT molecular complexity index is 664. The number of carbonyl (C=O) groups is 1. The number of rotatable bonds is 4. The number of nitrogens with zero attached hydrogens (tertiary/aromatic N) is 2. The molecule has 0 spiro atoms. The molecule has 0 bridgehead atoms. The number of imidazole rings is 1. The van der Waals surface area contributed by atoms with Crippen molar-refractivity contribution >= 4 is 33.4 Å². The summed E-state index contributed by atoms with van der Waals surface area (Å²) in [6, 6.07) is 3.95. The zero-order valence-corrected chi connectivity index (χ0v) is 11.6. The first-order valence-corrected chi connectivity index (χ1v) is 7.49. The van der Waals surface area contributed by atoms with Crippen LogP contribution < -0.4 is 0 Å². The lowest BCUT2D eigenvalue weighted by molar-refractivity contribution is 0.0996. The van der Waals surface area contributed by atoms with Crippen molar-refractivity contribution in [3.8, 4) is 0 Å². The molecule has 0 saturated carbocycles. The summed E-state index contributed by atoms with van der Waals surface area (Å²) < 4.78 is 1.96. The fourth-order valence-electron chi connectivity index (χ4n) is 1.83. The molecule has 3 nitrogen and oxygen atoms in total. The first-order valence-electron chi connectivity index (χ1n) is 5.79. The predicted octanol–water partition coefficient (Wildman–Crippen LogP) is 3.45. The molecule has 0 atom stereocenters. The molecule has 0 radical (unpaired) electrons. The third kappa shape index (κ3) is 2.11. The van der Waals surface area contributed by atoms with Gasteiger partial charge in [0, 0.05) is 22.7 Å². The van der Waals surface area contributed by atoms with Crippen LogP contribution in [0.15, 0.2) is 29.9 Å². The van der Waals surface area contributed by atoms with Crippen molar-refractivity contribution in [1.82, 2.24) is 9.38 Å². The zero-order valence-electron chi connectivity index (χ0n) is 9.92. The number of Topliss-reactive ketones (excluding diaryl/α,β-unsaturated/α-hetero) is 1. The molecule has 0 aliphatic carbocycles. The predicted molar refractivity (Wildman–Crippen MR) is 74.8 cm³/mol. The van der Waals surface area contributed by atoms with Gasteiger partial charge in [-0.3, -0.25) is 9.20 Å². The molecule has 3 aromatic rings. The average Bonchev–Trinajstić information content (AvgIpc) is 3.02. The fourth-order valence-corrected chi connectivity index (χ4v) is 3.43. The summed E-state index contributed by atoms with van der Waals surface area (Å²) >= 11 is 3.17. The molecule has 0 N–H and O–H groups in total. The quantitative estimate of drug-likeness (QED) is 0.684. The van der Waals surface area contributed by atoms with Gasteiger partial charge in [-0.15, -0.1) is 22.7 Å². The Morgan fingerprint density at radius 1 is 1.44 bits per heavy atom. The number of carbonyl (C=O) groups excluding carboxylic acids is 1. The second kappa shape index (κ2) is 4.66. The van der Waals surface area contributed by atoms with Crippen LogP contribution in [0, 0.1) is 0 Å². The summed E-state index contributed by atoms with van der Waals surface area (Å²) in [5.41, 5.74) is 0.846. The van der Waals surface area contributed by atoms with Crippen LogP contribution in [0.4, 0.5) is 0 Å². The number of thiophene rings is 1. The Labute approximate surface area is 113 Å². The van der Waals surface area contributed by atoms with Gasteiger partial charge in [0.05, 0.1) is 17.0 Å². The van der Waals surface area contributed by atoms with Gasteiger partial charge in [-0.2, -0.15) is 0 Å². The fraction of sp³-hybridized carbons (Fsp3) is 0.231. The van der Waals surface area contributed by atoms with Gasteiger partial charge in [-0.1, -0.05) is 6.92 Å².